The van der Waals surface area contributed by atoms with E-state index >= 15 is 0 Å². The molecule has 0 saturated carbocycles. The van der Waals surface area contributed by atoms with Crippen LogP contribution in [0.25, 0.3) is 38.9 Å². The zero-order chi connectivity index (χ0) is 22.2. The number of pyridine rings is 1. The second kappa shape index (κ2) is 7.80. The molecular weight excluding hydrogens is 412 g/mol. The molecule has 0 bridgehead atoms. The van der Waals surface area contributed by atoms with Crippen molar-refractivity contribution >= 4 is 16.4 Å². The minimum atomic E-state index is -0.239. The zero-order valence-corrected chi connectivity index (χ0v) is 17.5. The van der Waals surface area contributed by atoms with Gasteiger partial charge in [-0.25, -0.2) is 14.2 Å². The SMILES string of the molecule is O=c1c2ncn3nc(-c4ccccc4)cc3c2c(-c2ccncc2)nn1Cc1ccccc1. The van der Waals surface area contributed by atoms with Crippen molar-refractivity contribution in [1.29, 1.82) is 0 Å². The molecule has 4 heterocycles. The fraction of sp³-hybridized carbons (Fsp3) is 0.0385. The first-order valence-corrected chi connectivity index (χ1v) is 10.6. The smallest absolute Gasteiger partial charge is 0.265 e. The van der Waals surface area contributed by atoms with Gasteiger partial charge in [-0.3, -0.25) is 9.78 Å². The Balaban J connectivity index is 1.65. The molecule has 0 aliphatic rings. The van der Waals surface area contributed by atoms with Crippen LogP contribution in [0.2, 0.25) is 0 Å². The Kier molecular flexibility index (Phi) is 4.51. The first-order valence-electron chi connectivity index (χ1n) is 10.6. The Labute approximate surface area is 188 Å². The molecule has 0 unspecified atom stereocenters. The van der Waals surface area contributed by atoms with E-state index in [0.29, 0.717) is 23.1 Å². The van der Waals surface area contributed by atoms with E-state index in [1.54, 1.807) is 23.2 Å². The van der Waals surface area contributed by atoms with Crippen LogP contribution in [0, 0.1) is 0 Å². The van der Waals surface area contributed by atoms with Gasteiger partial charge in [-0.15, -0.1) is 0 Å². The molecule has 0 radical (unpaired) electrons. The van der Waals surface area contributed by atoms with E-state index in [-0.39, 0.29) is 5.56 Å². The molecule has 158 valence electrons. The van der Waals surface area contributed by atoms with Crippen molar-refractivity contribution in [1.82, 2.24) is 29.4 Å². The third kappa shape index (κ3) is 3.36. The molecule has 2 aromatic carbocycles. The van der Waals surface area contributed by atoms with Crippen molar-refractivity contribution < 1.29 is 0 Å². The fourth-order valence-electron chi connectivity index (χ4n) is 4.03. The summed E-state index contributed by atoms with van der Waals surface area (Å²) >= 11 is 0. The quantitative estimate of drug-likeness (QED) is 0.419. The summed E-state index contributed by atoms with van der Waals surface area (Å²) in [4.78, 5) is 22.1. The summed E-state index contributed by atoms with van der Waals surface area (Å²) in [5.41, 5.74) is 5.21. The predicted molar refractivity (Wildman–Crippen MR) is 127 cm³/mol. The van der Waals surface area contributed by atoms with E-state index in [4.69, 9.17) is 10.2 Å². The summed E-state index contributed by atoms with van der Waals surface area (Å²) < 4.78 is 3.18. The zero-order valence-electron chi connectivity index (χ0n) is 17.5. The summed E-state index contributed by atoms with van der Waals surface area (Å²) in [5, 5.41) is 10.2. The minimum absolute atomic E-state index is 0.239. The van der Waals surface area contributed by atoms with Crippen molar-refractivity contribution in [3.05, 3.63) is 114 Å². The summed E-state index contributed by atoms with van der Waals surface area (Å²) in [7, 11) is 0. The largest absolute Gasteiger partial charge is 0.293 e. The van der Waals surface area contributed by atoms with Crippen LogP contribution < -0.4 is 5.56 Å². The Morgan fingerprint density at radius 3 is 2.27 bits per heavy atom. The van der Waals surface area contributed by atoms with Gasteiger partial charge in [-0.2, -0.15) is 10.2 Å². The Morgan fingerprint density at radius 1 is 0.788 bits per heavy atom. The molecule has 6 rings (SSSR count). The molecule has 0 saturated heterocycles. The van der Waals surface area contributed by atoms with Gasteiger partial charge < -0.3 is 0 Å². The van der Waals surface area contributed by atoms with Crippen molar-refractivity contribution in [2.24, 2.45) is 0 Å². The Morgan fingerprint density at radius 2 is 1.52 bits per heavy atom. The number of rotatable bonds is 4. The highest BCUT2D eigenvalue weighted by Crippen LogP contribution is 2.29. The average molecular weight is 430 g/mol. The molecule has 0 spiro atoms. The molecular formula is C26H18N6O. The number of benzene rings is 2. The molecule has 7 heteroatoms. The van der Waals surface area contributed by atoms with Gasteiger partial charge in [0.05, 0.1) is 23.1 Å². The first kappa shape index (κ1) is 19.1. The molecule has 7 nitrogen and oxygen atoms in total. The van der Waals surface area contributed by atoms with E-state index in [1.807, 2.05) is 78.9 Å². The highest BCUT2D eigenvalue weighted by Gasteiger charge is 2.18. The number of hydrogen-bond donors (Lipinski definition) is 0. The number of nitrogens with zero attached hydrogens (tertiary/aromatic N) is 6. The van der Waals surface area contributed by atoms with Gasteiger partial charge in [-0.1, -0.05) is 60.7 Å². The minimum Gasteiger partial charge on any atom is -0.265 e. The standard InChI is InChI=1S/C26H18N6O/c33-26-25-23(22-15-21(29-32(22)17-28-25)19-9-5-2-6-10-19)24(20-11-13-27-14-12-20)30-31(26)16-18-7-3-1-4-8-18/h1-15,17H,16H2. The molecule has 0 aliphatic heterocycles. The van der Waals surface area contributed by atoms with Gasteiger partial charge in [0.2, 0.25) is 0 Å². The Bertz CT molecular complexity index is 1640. The van der Waals surface area contributed by atoms with Gasteiger partial charge in [0.1, 0.15) is 17.5 Å². The van der Waals surface area contributed by atoms with Gasteiger partial charge in [0.25, 0.3) is 5.56 Å². The molecule has 4 aromatic heterocycles. The summed E-state index contributed by atoms with van der Waals surface area (Å²) in [5.74, 6) is 0. The van der Waals surface area contributed by atoms with Gasteiger partial charge in [0, 0.05) is 23.5 Å². The monoisotopic (exact) mass is 430 g/mol. The normalized spacial score (nSPS) is 11.3. The maximum Gasteiger partial charge on any atom is 0.293 e. The van der Waals surface area contributed by atoms with E-state index in [0.717, 1.165) is 27.9 Å². The number of fused-ring (bicyclic) bond motifs is 3. The second-order valence-corrected chi connectivity index (χ2v) is 7.73. The van der Waals surface area contributed by atoms with Crippen LogP contribution in [-0.2, 0) is 6.54 Å². The third-order valence-corrected chi connectivity index (χ3v) is 5.62. The van der Waals surface area contributed by atoms with Crippen molar-refractivity contribution in [2.45, 2.75) is 6.54 Å². The topological polar surface area (TPSA) is 78.0 Å². The van der Waals surface area contributed by atoms with E-state index in [1.165, 1.54) is 4.68 Å². The Hall–Kier alpha value is -4.65. The molecule has 0 N–H and O–H groups in total. The van der Waals surface area contributed by atoms with Crippen molar-refractivity contribution in [3.63, 3.8) is 0 Å². The van der Waals surface area contributed by atoms with E-state index in [9.17, 15) is 4.79 Å². The molecule has 33 heavy (non-hydrogen) atoms. The third-order valence-electron chi connectivity index (χ3n) is 5.62. The van der Waals surface area contributed by atoms with Crippen LogP contribution in [0.1, 0.15) is 5.56 Å². The van der Waals surface area contributed by atoms with Crippen LogP contribution in [0.3, 0.4) is 0 Å². The van der Waals surface area contributed by atoms with Crippen LogP contribution in [-0.4, -0.2) is 29.4 Å². The molecule has 6 aromatic rings. The first-order chi connectivity index (χ1) is 16.3. The average Bonchev–Trinajstić information content (AvgIpc) is 3.32. The summed E-state index contributed by atoms with van der Waals surface area (Å²) in [6.45, 7) is 0.356. The molecule has 0 aliphatic carbocycles. The summed E-state index contributed by atoms with van der Waals surface area (Å²) in [6.07, 6.45) is 5.03. The lowest BCUT2D eigenvalue weighted by Crippen LogP contribution is -2.25. The maximum atomic E-state index is 13.4. The highest BCUT2D eigenvalue weighted by atomic mass is 16.1. The van der Waals surface area contributed by atoms with Crippen LogP contribution in [0.4, 0.5) is 0 Å². The van der Waals surface area contributed by atoms with Crippen molar-refractivity contribution in [2.75, 3.05) is 0 Å². The second-order valence-electron chi connectivity index (χ2n) is 7.73. The van der Waals surface area contributed by atoms with Gasteiger partial charge >= 0.3 is 0 Å². The fourth-order valence-corrected chi connectivity index (χ4v) is 4.03. The van der Waals surface area contributed by atoms with Crippen LogP contribution in [0.5, 0.6) is 0 Å². The summed E-state index contributed by atoms with van der Waals surface area (Å²) in [6, 6.07) is 25.5. The van der Waals surface area contributed by atoms with Gasteiger partial charge in [0.15, 0.2) is 0 Å². The maximum absolute atomic E-state index is 13.4. The lowest BCUT2D eigenvalue weighted by Gasteiger charge is -2.11. The lowest BCUT2D eigenvalue weighted by atomic mass is 10.1. The number of aromatic nitrogens is 6. The van der Waals surface area contributed by atoms with Crippen molar-refractivity contribution in [3.8, 4) is 22.5 Å². The van der Waals surface area contributed by atoms with Gasteiger partial charge in [-0.05, 0) is 23.8 Å². The number of hydrogen-bond acceptors (Lipinski definition) is 5. The molecule has 0 amide bonds. The lowest BCUT2D eigenvalue weighted by molar-refractivity contribution is 0.649. The van der Waals surface area contributed by atoms with E-state index in [2.05, 4.69) is 9.97 Å². The molecule has 0 atom stereocenters. The predicted octanol–water partition coefficient (Wildman–Crippen LogP) is 4.22. The van der Waals surface area contributed by atoms with E-state index < -0.39 is 0 Å². The van der Waals surface area contributed by atoms with Crippen LogP contribution in [0.15, 0.2) is 102 Å². The molecule has 0 fully saturated rings. The van der Waals surface area contributed by atoms with Crippen LogP contribution >= 0.6 is 0 Å². The highest BCUT2D eigenvalue weighted by molar-refractivity contribution is 6.03.